The summed E-state index contributed by atoms with van der Waals surface area (Å²) in [5, 5.41) is 0.927. The molecule has 26 heavy (non-hydrogen) atoms. The lowest BCUT2D eigenvalue weighted by Gasteiger charge is -2.30. The van der Waals surface area contributed by atoms with E-state index in [1.165, 1.54) is 4.67 Å². The Bertz CT molecular complexity index is 966. The quantitative estimate of drug-likeness (QED) is 0.662. The molecule has 3 aromatic rings. The molecular formula is C19H19N2O3PS. The average molecular weight is 386 g/mol. The van der Waals surface area contributed by atoms with Crippen LogP contribution in [-0.4, -0.2) is 27.0 Å². The number of piperidine rings is 1. The monoisotopic (exact) mass is 386 g/mol. The van der Waals surface area contributed by atoms with Crippen molar-refractivity contribution in [2.24, 2.45) is 0 Å². The van der Waals surface area contributed by atoms with Crippen molar-refractivity contribution < 1.29 is 14.3 Å². The maximum Gasteiger partial charge on any atom is 0.300 e. The zero-order valence-electron chi connectivity index (χ0n) is 14.2. The largest absolute Gasteiger partial charge is 0.329 e. The van der Waals surface area contributed by atoms with E-state index in [-0.39, 0.29) is 12.1 Å². The lowest BCUT2D eigenvalue weighted by molar-refractivity contribution is -0.128. The number of nitrogens with zero attached hydrogens (tertiary/aromatic N) is 2. The number of benzene rings is 2. The molecule has 1 fully saturated rings. The molecule has 0 saturated carbocycles. The Labute approximate surface area is 155 Å². The minimum Gasteiger partial charge on any atom is -0.329 e. The van der Waals surface area contributed by atoms with Gasteiger partial charge in [0.15, 0.2) is 0 Å². The van der Waals surface area contributed by atoms with Crippen LogP contribution in [0.15, 0.2) is 48.5 Å². The molecule has 1 aliphatic rings. The summed E-state index contributed by atoms with van der Waals surface area (Å²) in [6.45, 7) is 0.371. The molecule has 0 aliphatic carbocycles. The summed E-state index contributed by atoms with van der Waals surface area (Å²) in [5.41, 5.74) is 2.70. The van der Waals surface area contributed by atoms with Gasteiger partial charge in [-0.2, -0.15) is 0 Å². The first-order valence-electron chi connectivity index (χ1n) is 8.60. The highest BCUT2D eigenvalue weighted by Gasteiger charge is 2.33. The fraction of sp³-hybridized carbons (Fsp3) is 0.263. The van der Waals surface area contributed by atoms with Gasteiger partial charge in [0.05, 0.1) is 16.4 Å². The van der Waals surface area contributed by atoms with Crippen molar-refractivity contribution in [3.63, 3.8) is 0 Å². The molecule has 4 rings (SSSR count). The smallest absolute Gasteiger partial charge is 0.300 e. The molecule has 1 amide bonds. The number of amides is 1. The molecule has 7 heteroatoms. The van der Waals surface area contributed by atoms with E-state index >= 15 is 0 Å². The molecule has 2 aromatic carbocycles. The van der Waals surface area contributed by atoms with Crippen LogP contribution in [0.2, 0.25) is 0 Å². The van der Waals surface area contributed by atoms with E-state index in [2.05, 4.69) is 4.98 Å². The number of hydrogen-bond acceptors (Lipinski definition) is 4. The molecule has 0 spiro atoms. The van der Waals surface area contributed by atoms with Crippen LogP contribution in [0.1, 0.15) is 24.8 Å². The Balaban J connectivity index is 1.54. The van der Waals surface area contributed by atoms with Crippen molar-refractivity contribution in [3.05, 3.63) is 54.1 Å². The first-order valence-corrected chi connectivity index (χ1v) is 11.2. The molecule has 2 heterocycles. The van der Waals surface area contributed by atoms with Gasteiger partial charge >= 0.3 is 0 Å². The van der Waals surface area contributed by atoms with E-state index in [1.54, 1.807) is 11.3 Å². The number of thiazole rings is 1. The summed E-state index contributed by atoms with van der Waals surface area (Å²) in [4.78, 5) is 27.0. The molecule has 0 radical (unpaired) electrons. The van der Waals surface area contributed by atoms with Gasteiger partial charge in [0.2, 0.25) is 5.91 Å². The fourth-order valence-electron chi connectivity index (χ4n) is 3.19. The number of carbonyl (C=O) groups is 1. The molecule has 1 aromatic heterocycles. The number of hydrogen-bond donors (Lipinski definition) is 1. The number of rotatable bonds is 4. The van der Waals surface area contributed by atoms with Crippen molar-refractivity contribution >= 4 is 35.0 Å². The minimum absolute atomic E-state index is 0.0150. The zero-order chi connectivity index (χ0) is 18.1. The standard InChI is InChI=1S/C19H19N2O3PS/c22-18-7-3-4-12-21(18)25(23,24)13-14-8-10-15(11-9-14)19-20-16-5-1-2-6-17(16)26-19/h1-2,5-6,8-11H,3-4,7,12-13H2,(H,23,24). The molecule has 1 aliphatic heterocycles. The SMILES string of the molecule is O=C1CCCCN1P(=O)(O)Cc1ccc(-c2nc3ccccc3s2)cc1. The lowest BCUT2D eigenvalue weighted by Crippen LogP contribution is -2.32. The summed E-state index contributed by atoms with van der Waals surface area (Å²) in [6.07, 6.45) is 1.93. The maximum absolute atomic E-state index is 12.7. The molecule has 5 nitrogen and oxygen atoms in total. The second-order valence-corrected chi connectivity index (χ2v) is 9.64. The summed E-state index contributed by atoms with van der Waals surface area (Å²) >= 11 is 1.62. The van der Waals surface area contributed by atoms with Crippen molar-refractivity contribution in [2.45, 2.75) is 25.4 Å². The van der Waals surface area contributed by atoms with Gasteiger partial charge in [-0.05, 0) is 30.5 Å². The zero-order valence-corrected chi connectivity index (χ0v) is 15.9. The molecule has 0 bridgehead atoms. The lowest BCUT2D eigenvalue weighted by atomic mass is 10.1. The third-order valence-corrected chi connectivity index (χ3v) is 7.60. The van der Waals surface area contributed by atoms with Crippen molar-refractivity contribution in [1.29, 1.82) is 0 Å². The van der Waals surface area contributed by atoms with Crippen LogP contribution in [0.4, 0.5) is 0 Å². The van der Waals surface area contributed by atoms with E-state index in [1.807, 2.05) is 48.5 Å². The van der Waals surface area contributed by atoms with Crippen LogP contribution in [0.3, 0.4) is 0 Å². The molecule has 1 N–H and O–H groups in total. The second-order valence-electron chi connectivity index (χ2n) is 6.48. The highest BCUT2D eigenvalue weighted by atomic mass is 32.1. The van der Waals surface area contributed by atoms with E-state index in [4.69, 9.17) is 0 Å². The van der Waals surface area contributed by atoms with Crippen LogP contribution in [-0.2, 0) is 15.5 Å². The van der Waals surface area contributed by atoms with Gasteiger partial charge in [0.1, 0.15) is 5.01 Å². The van der Waals surface area contributed by atoms with Gasteiger partial charge in [-0.15, -0.1) is 11.3 Å². The molecule has 134 valence electrons. The van der Waals surface area contributed by atoms with E-state index in [9.17, 15) is 14.3 Å². The molecule has 1 unspecified atom stereocenters. The molecule has 1 saturated heterocycles. The van der Waals surface area contributed by atoms with E-state index in [0.717, 1.165) is 39.2 Å². The topological polar surface area (TPSA) is 70.5 Å². The highest BCUT2D eigenvalue weighted by molar-refractivity contribution is 7.55. The molecular weight excluding hydrogens is 367 g/mol. The minimum atomic E-state index is -3.69. The van der Waals surface area contributed by atoms with Crippen LogP contribution >= 0.6 is 18.9 Å². The van der Waals surface area contributed by atoms with Gasteiger partial charge in [-0.25, -0.2) is 4.98 Å². The van der Waals surface area contributed by atoms with Gasteiger partial charge in [0, 0.05) is 18.5 Å². The second kappa shape index (κ2) is 6.95. The van der Waals surface area contributed by atoms with Gasteiger partial charge < -0.3 is 4.89 Å². The Morgan fingerprint density at radius 1 is 1.12 bits per heavy atom. The molecule has 1 atom stereocenters. The van der Waals surface area contributed by atoms with Crippen LogP contribution in [0.25, 0.3) is 20.8 Å². The Hall–Kier alpha value is -2.01. The van der Waals surface area contributed by atoms with Crippen molar-refractivity contribution in [2.75, 3.05) is 6.54 Å². The van der Waals surface area contributed by atoms with Crippen LogP contribution in [0, 0.1) is 0 Å². The normalized spacial score (nSPS) is 17.4. The highest BCUT2D eigenvalue weighted by Crippen LogP contribution is 2.50. The Kier molecular flexibility index (Phi) is 4.65. The predicted molar refractivity (Wildman–Crippen MR) is 104 cm³/mol. The van der Waals surface area contributed by atoms with Crippen LogP contribution in [0.5, 0.6) is 0 Å². The number of para-hydroxylation sites is 1. The average Bonchev–Trinajstić information content (AvgIpc) is 3.06. The van der Waals surface area contributed by atoms with Crippen molar-refractivity contribution in [1.82, 2.24) is 9.65 Å². The number of carbonyl (C=O) groups excluding carboxylic acids is 1. The van der Waals surface area contributed by atoms with E-state index in [0.29, 0.717) is 13.0 Å². The van der Waals surface area contributed by atoms with Gasteiger partial charge in [-0.1, -0.05) is 36.4 Å². The Morgan fingerprint density at radius 2 is 1.88 bits per heavy atom. The summed E-state index contributed by atoms with van der Waals surface area (Å²) in [5.74, 6) is -0.215. The summed E-state index contributed by atoms with van der Waals surface area (Å²) in [7, 11) is -3.69. The van der Waals surface area contributed by atoms with Crippen LogP contribution < -0.4 is 0 Å². The third-order valence-electron chi connectivity index (χ3n) is 4.56. The number of fused-ring (bicyclic) bond motifs is 1. The summed E-state index contributed by atoms with van der Waals surface area (Å²) < 4.78 is 15.0. The maximum atomic E-state index is 12.7. The van der Waals surface area contributed by atoms with Gasteiger partial charge in [-0.3, -0.25) is 14.0 Å². The Morgan fingerprint density at radius 3 is 2.62 bits per heavy atom. The predicted octanol–water partition coefficient (Wildman–Crippen LogP) is 4.66. The first kappa shape index (κ1) is 17.4. The summed E-state index contributed by atoms with van der Waals surface area (Å²) in [6, 6.07) is 15.5. The first-order chi connectivity index (χ1) is 12.5. The fourth-order valence-corrected chi connectivity index (χ4v) is 5.92. The number of aromatic nitrogens is 1. The van der Waals surface area contributed by atoms with Gasteiger partial charge in [0.25, 0.3) is 7.52 Å². The third kappa shape index (κ3) is 3.45. The van der Waals surface area contributed by atoms with E-state index < -0.39 is 7.52 Å². The van der Waals surface area contributed by atoms with Crippen molar-refractivity contribution in [3.8, 4) is 10.6 Å².